The van der Waals surface area contributed by atoms with Crippen LogP contribution in [0, 0.1) is 0 Å². The Hall–Kier alpha value is -2.27. The van der Waals surface area contributed by atoms with Crippen molar-refractivity contribution in [2.24, 2.45) is 0 Å². The number of nitrogens with zero attached hydrogens (tertiary/aromatic N) is 2. The molecule has 1 amide bonds. The van der Waals surface area contributed by atoms with Crippen LogP contribution in [-0.2, 0) is 19.4 Å². The lowest BCUT2D eigenvalue weighted by atomic mass is 9.96. The maximum atomic E-state index is 12.6. The number of hydrogen-bond donors (Lipinski definition) is 1. The predicted octanol–water partition coefficient (Wildman–Crippen LogP) is 3.50. The molecule has 116 valence electrons. The van der Waals surface area contributed by atoms with E-state index in [1.165, 1.54) is 29.6 Å². The van der Waals surface area contributed by atoms with Gasteiger partial charge in [0.1, 0.15) is 16.9 Å². The average molecular weight is 323 g/mol. The molecule has 1 aromatic carbocycles. The third kappa shape index (κ3) is 2.72. The standard InChI is InChI=1S/C18H17N3OS/c22-17(19-10-12-6-2-1-3-7-12)16-15-13-8-4-5-9-14(13)23-18(15)21-11-20-16/h1-3,6-7,11H,4-5,8-10H2,(H,19,22). The Kier molecular flexibility index (Phi) is 3.79. The number of aryl methyl sites for hydroxylation is 2. The van der Waals surface area contributed by atoms with Gasteiger partial charge in [-0.15, -0.1) is 11.3 Å². The van der Waals surface area contributed by atoms with E-state index in [9.17, 15) is 4.79 Å². The zero-order chi connectivity index (χ0) is 15.6. The Morgan fingerprint density at radius 1 is 1.13 bits per heavy atom. The summed E-state index contributed by atoms with van der Waals surface area (Å²) in [5, 5.41) is 3.95. The molecule has 0 saturated carbocycles. The van der Waals surface area contributed by atoms with Crippen LogP contribution in [0.1, 0.15) is 39.3 Å². The molecule has 0 saturated heterocycles. The first-order valence-corrected chi connectivity index (χ1v) is 8.72. The van der Waals surface area contributed by atoms with Crippen LogP contribution in [0.5, 0.6) is 0 Å². The first-order valence-electron chi connectivity index (χ1n) is 7.90. The molecule has 0 radical (unpaired) electrons. The Labute approximate surface area is 138 Å². The lowest BCUT2D eigenvalue weighted by Gasteiger charge is -2.11. The Morgan fingerprint density at radius 2 is 1.96 bits per heavy atom. The third-order valence-electron chi connectivity index (χ3n) is 4.26. The molecule has 23 heavy (non-hydrogen) atoms. The number of nitrogens with one attached hydrogen (secondary N) is 1. The SMILES string of the molecule is O=C(NCc1ccccc1)c1ncnc2sc3c(c12)CCCC3. The number of benzene rings is 1. The first-order chi connectivity index (χ1) is 11.3. The van der Waals surface area contributed by atoms with Crippen molar-refractivity contribution in [2.45, 2.75) is 32.2 Å². The summed E-state index contributed by atoms with van der Waals surface area (Å²) in [6, 6.07) is 9.92. The molecule has 0 atom stereocenters. The molecule has 0 bridgehead atoms. The van der Waals surface area contributed by atoms with Crippen LogP contribution in [0.15, 0.2) is 36.7 Å². The van der Waals surface area contributed by atoms with Crippen LogP contribution in [-0.4, -0.2) is 15.9 Å². The van der Waals surface area contributed by atoms with E-state index in [4.69, 9.17) is 0 Å². The van der Waals surface area contributed by atoms with Gasteiger partial charge in [0.2, 0.25) is 0 Å². The summed E-state index contributed by atoms with van der Waals surface area (Å²) in [4.78, 5) is 23.6. The maximum Gasteiger partial charge on any atom is 0.270 e. The molecule has 1 N–H and O–H groups in total. The quantitative estimate of drug-likeness (QED) is 0.802. The van der Waals surface area contributed by atoms with Gasteiger partial charge in [-0.1, -0.05) is 30.3 Å². The van der Waals surface area contributed by atoms with Crippen molar-refractivity contribution < 1.29 is 4.79 Å². The topological polar surface area (TPSA) is 54.9 Å². The summed E-state index contributed by atoms with van der Waals surface area (Å²) < 4.78 is 0. The number of rotatable bonds is 3. The highest BCUT2D eigenvalue weighted by Gasteiger charge is 2.22. The van der Waals surface area contributed by atoms with Gasteiger partial charge >= 0.3 is 0 Å². The average Bonchev–Trinajstić information content (AvgIpc) is 2.99. The molecule has 1 aliphatic rings. The Bertz CT molecular complexity index is 857. The van der Waals surface area contributed by atoms with Gasteiger partial charge < -0.3 is 5.32 Å². The zero-order valence-corrected chi connectivity index (χ0v) is 13.5. The number of aromatic nitrogens is 2. The van der Waals surface area contributed by atoms with Crippen LogP contribution in [0.4, 0.5) is 0 Å². The number of amides is 1. The van der Waals surface area contributed by atoms with Gasteiger partial charge in [-0.25, -0.2) is 9.97 Å². The van der Waals surface area contributed by atoms with Gasteiger partial charge in [0.05, 0.1) is 0 Å². The van der Waals surface area contributed by atoms with E-state index >= 15 is 0 Å². The molecule has 2 aromatic heterocycles. The molecule has 4 rings (SSSR count). The molecular weight excluding hydrogens is 306 g/mol. The highest BCUT2D eigenvalue weighted by molar-refractivity contribution is 7.18. The van der Waals surface area contributed by atoms with Crippen molar-refractivity contribution in [2.75, 3.05) is 0 Å². The van der Waals surface area contributed by atoms with Crippen molar-refractivity contribution in [3.05, 3.63) is 58.4 Å². The minimum absolute atomic E-state index is 0.118. The molecule has 5 heteroatoms. The lowest BCUT2D eigenvalue weighted by molar-refractivity contribution is 0.0947. The monoisotopic (exact) mass is 323 g/mol. The predicted molar refractivity (Wildman–Crippen MR) is 91.7 cm³/mol. The fourth-order valence-electron chi connectivity index (χ4n) is 3.12. The minimum Gasteiger partial charge on any atom is -0.347 e. The lowest BCUT2D eigenvalue weighted by Crippen LogP contribution is -2.24. The third-order valence-corrected chi connectivity index (χ3v) is 5.46. The number of thiophene rings is 1. The highest BCUT2D eigenvalue weighted by Crippen LogP contribution is 2.36. The molecule has 0 spiro atoms. The summed E-state index contributed by atoms with van der Waals surface area (Å²) in [6.45, 7) is 0.511. The summed E-state index contributed by atoms with van der Waals surface area (Å²) in [5.41, 5.74) is 2.89. The number of hydrogen-bond acceptors (Lipinski definition) is 4. The second-order valence-corrected chi connectivity index (χ2v) is 6.87. The van der Waals surface area contributed by atoms with E-state index in [0.29, 0.717) is 12.2 Å². The van der Waals surface area contributed by atoms with Gasteiger partial charge in [-0.05, 0) is 36.8 Å². The van der Waals surface area contributed by atoms with Gasteiger partial charge in [0.25, 0.3) is 5.91 Å². The van der Waals surface area contributed by atoms with Gasteiger partial charge in [-0.3, -0.25) is 4.79 Å². The van der Waals surface area contributed by atoms with Gasteiger partial charge in [-0.2, -0.15) is 0 Å². The summed E-state index contributed by atoms with van der Waals surface area (Å²) >= 11 is 1.71. The van der Waals surface area contributed by atoms with Crippen molar-refractivity contribution in [3.8, 4) is 0 Å². The van der Waals surface area contributed by atoms with Crippen LogP contribution < -0.4 is 5.32 Å². The minimum atomic E-state index is -0.118. The van der Waals surface area contributed by atoms with Crippen molar-refractivity contribution >= 4 is 27.5 Å². The molecule has 2 heterocycles. The molecule has 4 nitrogen and oxygen atoms in total. The maximum absolute atomic E-state index is 12.6. The van der Waals surface area contributed by atoms with E-state index in [-0.39, 0.29) is 5.91 Å². The highest BCUT2D eigenvalue weighted by atomic mass is 32.1. The molecule has 0 fully saturated rings. The van der Waals surface area contributed by atoms with E-state index in [0.717, 1.165) is 28.6 Å². The fourth-order valence-corrected chi connectivity index (χ4v) is 4.35. The summed E-state index contributed by atoms with van der Waals surface area (Å²) in [6.07, 6.45) is 6.03. The van der Waals surface area contributed by atoms with Crippen LogP contribution in [0.3, 0.4) is 0 Å². The van der Waals surface area contributed by atoms with E-state index in [1.54, 1.807) is 11.3 Å². The molecule has 1 aliphatic carbocycles. The Morgan fingerprint density at radius 3 is 2.83 bits per heavy atom. The van der Waals surface area contributed by atoms with E-state index < -0.39 is 0 Å². The summed E-state index contributed by atoms with van der Waals surface area (Å²) in [7, 11) is 0. The normalized spacial score (nSPS) is 13.7. The van der Waals surface area contributed by atoms with Crippen LogP contribution >= 0.6 is 11.3 Å². The number of carbonyl (C=O) groups is 1. The first kappa shape index (κ1) is 14.3. The van der Waals surface area contributed by atoms with Gasteiger partial charge in [0, 0.05) is 16.8 Å². The largest absolute Gasteiger partial charge is 0.347 e. The van der Waals surface area contributed by atoms with E-state index in [1.807, 2.05) is 30.3 Å². The second kappa shape index (κ2) is 6.08. The molecular formula is C18H17N3OS. The van der Waals surface area contributed by atoms with Gasteiger partial charge in [0.15, 0.2) is 0 Å². The summed E-state index contributed by atoms with van der Waals surface area (Å²) in [5.74, 6) is -0.118. The number of fused-ring (bicyclic) bond motifs is 3. The van der Waals surface area contributed by atoms with E-state index in [2.05, 4.69) is 15.3 Å². The van der Waals surface area contributed by atoms with Crippen molar-refractivity contribution in [1.82, 2.24) is 15.3 Å². The fraction of sp³-hybridized carbons (Fsp3) is 0.278. The smallest absolute Gasteiger partial charge is 0.270 e. The molecule has 0 aliphatic heterocycles. The van der Waals surface area contributed by atoms with Crippen molar-refractivity contribution in [3.63, 3.8) is 0 Å². The molecule has 0 unspecified atom stereocenters. The molecule has 3 aromatic rings. The zero-order valence-electron chi connectivity index (χ0n) is 12.7. The van der Waals surface area contributed by atoms with Crippen LogP contribution in [0.25, 0.3) is 10.2 Å². The Balaban J connectivity index is 1.65. The van der Waals surface area contributed by atoms with Crippen LogP contribution in [0.2, 0.25) is 0 Å². The van der Waals surface area contributed by atoms with Crippen molar-refractivity contribution in [1.29, 1.82) is 0 Å². The second-order valence-electron chi connectivity index (χ2n) is 5.78. The number of carbonyl (C=O) groups excluding carboxylic acids is 1.